The Bertz CT molecular complexity index is 1110. The number of amides is 2. The topological polar surface area (TPSA) is 106 Å². The number of nitrogens with zero attached hydrogens (tertiary/aromatic N) is 2. The normalized spacial score (nSPS) is 18.2. The highest BCUT2D eigenvalue weighted by Crippen LogP contribution is 2.41. The van der Waals surface area contributed by atoms with Crippen molar-refractivity contribution >= 4 is 56.8 Å². The van der Waals surface area contributed by atoms with E-state index in [-0.39, 0.29) is 22.3 Å². The smallest absolute Gasteiger partial charge is 0.243 e. The number of hydrogen-bond donors (Lipinski definition) is 2. The highest BCUT2D eigenvalue weighted by Gasteiger charge is 2.40. The molecule has 3 rings (SSSR count). The largest absolute Gasteiger partial charge is 0.325 e. The van der Waals surface area contributed by atoms with Crippen LogP contribution in [-0.4, -0.2) is 17.6 Å². The second-order valence-electron chi connectivity index (χ2n) is 6.29. The number of nitrogens with one attached hydrogen (secondary N) is 2. The van der Waals surface area contributed by atoms with Gasteiger partial charge in [0.25, 0.3) is 0 Å². The second kappa shape index (κ2) is 9.82. The van der Waals surface area contributed by atoms with Gasteiger partial charge in [0.1, 0.15) is 5.92 Å². The van der Waals surface area contributed by atoms with Gasteiger partial charge in [-0.3, -0.25) is 9.59 Å². The maximum Gasteiger partial charge on any atom is 0.243 e. The lowest BCUT2D eigenvalue weighted by molar-refractivity contribution is -0.123. The number of halogens is 2. The molecule has 1 aliphatic rings. The van der Waals surface area contributed by atoms with Crippen LogP contribution in [0, 0.1) is 28.6 Å². The highest BCUT2D eigenvalue weighted by atomic mass is 79.9. The van der Waals surface area contributed by atoms with Crippen LogP contribution in [0.1, 0.15) is 11.5 Å². The van der Waals surface area contributed by atoms with Crippen molar-refractivity contribution in [1.29, 1.82) is 10.5 Å². The summed E-state index contributed by atoms with van der Waals surface area (Å²) >= 11 is 10.6. The third kappa shape index (κ3) is 4.85. The van der Waals surface area contributed by atoms with Gasteiger partial charge in [0.2, 0.25) is 11.8 Å². The van der Waals surface area contributed by atoms with Gasteiger partial charge in [0, 0.05) is 21.1 Å². The summed E-state index contributed by atoms with van der Waals surface area (Å²) in [5.74, 6) is -2.75. The molecule has 0 saturated heterocycles. The van der Waals surface area contributed by atoms with Crippen LogP contribution >= 0.6 is 39.3 Å². The molecule has 2 aromatic carbocycles. The van der Waals surface area contributed by atoms with Crippen LogP contribution in [0.15, 0.2) is 63.6 Å². The van der Waals surface area contributed by atoms with Gasteiger partial charge in [-0.1, -0.05) is 57.5 Å². The number of rotatable bonds is 5. The molecule has 0 radical (unpaired) electrons. The van der Waals surface area contributed by atoms with Crippen LogP contribution in [0.5, 0.6) is 0 Å². The Kier molecular flexibility index (Phi) is 7.17. The van der Waals surface area contributed by atoms with Gasteiger partial charge in [-0.25, -0.2) is 0 Å². The first-order valence-corrected chi connectivity index (χ1v) is 10.9. The molecule has 2 atom stereocenters. The van der Waals surface area contributed by atoms with Crippen molar-refractivity contribution in [2.75, 3.05) is 11.1 Å². The number of carbonyl (C=O) groups excluding carboxylic acids is 2. The molecule has 1 aliphatic heterocycles. The first kappa shape index (κ1) is 21.9. The Labute approximate surface area is 191 Å². The van der Waals surface area contributed by atoms with E-state index in [9.17, 15) is 20.1 Å². The maximum absolute atomic E-state index is 12.5. The standard InChI is InChI=1S/C21H14BrClN4O2S/c22-12-5-7-13(8-6-12)26-18(28)11-30-21-16(10-25)19(15(9-24)20(29)27-21)14-3-1-2-4-17(14)23/h1-8,15,19H,11H2,(H,26,28)(H,27,29). The zero-order valence-electron chi connectivity index (χ0n) is 15.4. The van der Waals surface area contributed by atoms with E-state index in [4.69, 9.17) is 11.6 Å². The van der Waals surface area contributed by atoms with Crippen LogP contribution in [0.4, 0.5) is 5.69 Å². The van der Waals surface area contributed by atoms with E-state index in [0.29, 0.717) is 16.3 Å². The van der Waals surface area contributed by atoms with Gasteiger partial charge in [-0.2, -0.15) is 10.5 Å². The highest BCUT2D eigenvalue weighted by molar-refractivity contribution is 9.10. The van der Waals surface area contributed by atoms with Crippen molar-refractivity contribution in [2.45, 2.75) is 5.92 Å². The Morgan fingerprint density at radius 3 is 2.53 bits per heavy atom. The summed E-state index contributed by atoms with van der Waals surface area (Å²) in [4.78, 5) is 24.8. The maximum atomic E-state index is 12.5. The number of anilines is 1. The molecular weight excluding hydrogens is 488 g/mol. The lowest BCUT2D eigenvalue weighted by Crippen LogP contribution is -2.39. The van der Waals surface area contributed by atoms with E-state index in [1.54, 1.807) is 48.5 Å². The summed E-state index contributed by atoms with van der Waals surface area (Å²) in [5.41, 5.74) is 1.36. The minimum atomic E-state index is -1.10. The number of allylic oxidation sites excluding steroid dienone is 1. The van der Waals surface area contributed by atoms with Gasteiger partial charge in [-0.15, -0.1) is 0 Å². The minimum Gasteiger partial charge on any atom is -0.325 e. The predicted octanol–water partition coefficient (Wildman–Crippen LogP) is 4.56. The molecule has 0 spiro atoms. The predicted molar refractivity (Wildman–Crippen MR) is 119 cm³/mol. The fraction of sp³-hybridized carbons (Fsp3) is 0.143. The fourth-order valence-corrected chi connectivity index (χ4v) is 4.38. The van der Waals surface area contributed by atoms with E-state index in [2.05, 4.69) is 32.6 Å². The summed E-state index contributed by atoms with van der Waals surface area (Å²) in [5, 5.41) is 25.3. The van der Waals surface area contributed by atoms with Crippen LogP contribution in [0.3, 0.4) is 0 Å². The van der Waals surface area contributed by atoms with Gasteiger partial charge < -0.3 is 10.6 Å². The first-order chi connectivity index (χ1) is 14.4. The third-order valence-electron chi connectivity index (χ3n) is 4.38. The Morgan fingerprint density at radius 2 is 1.90 bits per heavy atom. The Balaban J connectivity index is 1.85. The summed E-state index contributed by atoms with van der Waals surface area (Å²) in [6, 6.07) is 18.0. The number of nitriles is 2. The summed E-state index contributed by atoms with van der Waals surface area (Å²) in [6.07, 6.45) is 0. The fourth-order valence-electron chi connectivity index (χ4n) is 3.01. The molecule has 0 fully saturated rings. The van der Waals surface area contributed by atoms with Crippen LogP contribution in [-0.2, 0) is 9.59 Å². The minimum absolute atomic E-state index is 0.0245. The van der Waals surface area contributed by atoms with Crippen LogP contribution in [0.25, 0.3) is 0 Å². The van der Waals surface area contributed by atoms with Crippen molar-refractivity contribution in [3.63, 3.8) is 0 Å². The van der Waals surface area contributed by atoms with Crippen molar-refractivity contribution in [3.05, 3.63) is 74.2 Å². The average molecular weight is 502 g/mol. The molecule has 0 aromatic heterocycles. The van der Waals surface area contributed by atoms with Gasteiger partial charge in [0.15, 0.2) is 0 Å². The molecule has 0 saturated carbocycles. The average Bonchev–Trinajstić information content (AvgIpc) is 2.74. The van der Waals surface area contributed by atoms with Gasteiger partial charge in [-0.05, 0) is 35.9 Å². The molecule has 150 valence electrons. The SMILES string of the molecule is N#CC1=C(SCC(=O)Nc2ccc(Br)cc2)NC(=O)C(C#N)C1c1ccccc1Cl. The molecule has 30 heavy (non-hydrogen) atoms. The number of benzene rings is 2. The van der Waals surface area contributed by atoms with Crippen LogP contribution in [0.2, 0.25) is 5.02 Å². The van der Waals surface area contributed by atoms with Crippen LogP contribution < -0.4 is 10.6 Å². The lowest BCUT2D eigenvalue weighted by atomic mass is 9.79. The van der Waals surface area contributed by atoms with Gasteiger partial charge >= 0.3 is 0 Å². The zero-order chi connectivity index (χ0) is 21.7. The summed E-state index contributed by atoms with van der Waals surface area (Å²) in [6.45, 7) is 0. The van der Waals surface area contributed by atoms with Crippen molar-refractivity contribution in [1.82, 2.24) is 5.32 Å². The number of hydrogen-bond acceptors (Lipinski definition) is 5. The summed E-state index contributed by atoms with van der Waals surface area (Å²) < 4.78 is 0.890. The first-order valence-electron chi connectivity index (χ1n) is 8.72. The van der Waals surface area contributed by atoms with Crippen molar-refractivity contribution in [3.8, 4) is 12.1 Å². The Morgan fingerprint density at radius 1 is 1.20 bits per heavy atom. The van der Waals surface area contributed by atoms with Crippen molar-refractivity contribution < 1.29 is 9.59 Å². The molecule has 6 nitrogen and oxygen atoms in total. The Hall–Kier alpha value is -2.78. The number of carbonyl (C=O) groups is 2. The van der Waals surface area contributed by atoms with E-state index >= 15 is 0 Å². The molecule has 2 unspecified atom stereocenters. The quantitative estimate of drug-likeness (QED) is 0.624. The van der Waals surface area contributed by atoms with E-state index in [1.807, 2.05) is 6.07 Å². The molecule has 1 heterocycles. The molecule has 2 N–H and O–H groups in total. The van der Waals surface area contributed by atoms with E-state index in [0.717, 1.165) is 16.2 Å². The lowest BCUT2D eigenvalue weighted by Gasteiger charge is -2.29. The molecule has 0 aliphatic carbocycles. The zero-order valence-corrected chi connectivity index (χ0v) is 18.5. The van der Waals surface area contributed by atoms with Crippen molar-refractivity contribution in [2.24, 2.45) is 5.92 Å². The monoisotopic (exact) mass is 500 g/mol. The van der Waals surface area contributed by atoms with E-state index < -0.39 is 17.7 Å². The van der Waals surface area contributed by atoms with Gasteiger partial charge in [0.05, 0.1) is 28.5 Å². The molecule has 9 heteroatoms. The van der Waals surface area contributed by atoms with E-state index in [1.165, 1.54) is 0 Å². The molecule has 0 bridgehead atoms. The second-order valence-corrected chi connectivity index (χ2v) is 8.60. The summed E-state index contributed by atoms with van der Waals surface area (Å²) in [7, 11) is 0. The number of thioether (sulfide) groups is 1. The molecule has 2 aromatic rings. The molecule has 2 amide bonds. The molecular formula is C21H14BrClN4O2S. The third-order valence-corrected chi connectivity index (χ3v) is 6.27.